The highest BCUT2D eigenvalue weighted by Gasteiger charge is 2.45. The Bertz CT molecular complexity index is 493. The van der Waals surface area contributed by atoms with Crippen LogP contribution in [0.4, 0.5) is 0 Å². The number of aliphatic imine (C=N–C) groups is 1. The number of hydrogen-bond donors (Lipinski definition) is 3. The molecule has 0 aromatic heterocycles. The number of carboxylic acid groups (broad SMARTS) is 1. The highest BCUT2D eigenvalue weighted by atomic mass is 32.2. The molecule has 3 N–H and O–H groups in total. The summed E-state index contributed by atoms with van der Waals surface area (Å²) in [5.41, 5.74) is 5.92. The summed E-state index contributed by atoms with van der Waals surface area (Å²) in [5, 5.41) is 10.0. The fourth-order valence-electron chi connectivity index (χ4n) is 2.05. The van der Waals surface area contributed by atoms with Crippen molar-refractivity contribution in [1.82, 2.24) is 15.8 Å². The molecule has 3 rings (SSSR count). The van der Waals surface area contributed by atoms with E-state index in [1.54, 1.807) is 29.6 Å². The fourth-order valence-corrected chi connectivity index (χ4v) is 4.49. The SMILES string of the molecule is O=C(O)C1=CC(CSC2=NCNN2)S[C@@H]2CC(=O)N12. The summed E-state index contributed by atoms with van der Waals surface area (Å²) in [6, 6.07) is 0. The van der Waals surface area contributed by atoms with Crippen molar-refractivity contribution >= 4 is 40.6 Å². The number of amidine groups is 1. The van der Waals surface area contributed by atoms with Crippen molar-refractivity contribution in [3.05, 3.63) is 11.8 Å². The first-order valence-corrected chi connectivity index (χ1v) is 7.67. The fraction of sp³-hybridized carbons (Fsp3) is 0.500. The van der Waals surface area contributed by atoms with Gasteiger partial charge in [0.25, 0.3) is 0 Å². The van der Waals surface area contributed by atoms with Gasteiger partial charge in [-0.05, 0) is 6.08 Å². The van der Waals surface area contributed by atoms with Gasteiger partial charge in [0.1, 0.15) is 12.4 Å². The summed E-state index contributed by atoms with van der Waals surface area (Å²) < 4.78 is 0. The van der Waals surface area contributed by atoms with Gasteiger partial charge >= 0.3 is 5.97 Å². The molecule has 1 fully saturated rings. The number of hydrazine groups is 1. The lowest BCUT2D eigenvalue weighted by Gasteiger charge is -2.44. The summed E-state index contributed by atoms with van der Waals surface area (Å²) in [7, 11) is 0. The summed E-state index contributed by atoms with van der Waals surface area (Å²) in [5.74, 6) is -0.414. The maximum Gasteiger partial charge on any atom is 0.352 e. The summed E-state index contributed by atoms with van der Waals surface area (Å²) in [6.07, 6.45) is 2.09. The largest absolute Gasteiger partial charge is 0.477 e. The Kier molecular flexibility index (Phi) is 3.42. The van der Waals surface area contributed by atoms with Crippen molar-refractivity contribution in [1.29, 1.82) is 0 Å². The predicted octanol–water partition coefficient (Wildman–Crippen LogP) is -0.217. The first kappa shape index (κ1) is 12.8. The number of β-lactam (4-membered cyclic amide) rings is 1. The minimum absolute atomic E-state index is 0.0224. The Balaban J connectivity index is 1.67. The van der Waals surface area contributed by atoms with Gasteiger partial charge in [-0.1, -0.05) is 11.8 Å². The number of amides is 1. The molecule has 2 atom stereocenters. The molecule has 7 nitrogen and oxygen atoms in total. The van der Waals surface area contributed by atoms with Crippen LogP contribution in [0.1, 0.15) is 6.42 Å². The molecule has 9 heteroatoms. The van der Waals surface area contributed by atoms with Gasteiger partial charge in [-0.3, -0.25) is 15.1 Å². The highest BCUT2D eigenvalue weighted by Crippen LogP contribution is 2.41. The molecule has 1 unspecified atom stereocenters. The Morgan fingerprint density at radius 2 is 2.53 bits per heavy atom. The number of thioether (sulfide) groups is 2. The molecular formula is C10H12N4O3S2. The van der Waals surface area contributed by atoms with Crippen molar-refractivity contribution in [3.8, 4) is 0 Å². The van der Waals surface area contributed by atoms with E-state index in [0.717, 1.165) is 10.9 Å². The molecule has 1 saturated heterocycles. The zero-order chi connectivity index (χ0) is 13.4. The molecule has 0 radical (unpaired) electrons. The molecule has 19 heavy (non-hydrogen) atoms. The summed E-state index contributed by atoms with van der Waals surface area (Å²) >= 11 is 3.18. The van der Waals surface area contributed by atoms with Crippen LogP contribution in [0, 0.1) is 0 Å². The van der Waals surface area contributed by atoms with Crippen molar-refractivity contribution in [3.63, 3.8) is 0 Å². The third kappa shape index (κ3) is 2.45. The topological polar surface area (TPSA) is 94.0 Å². The third-order valence-corrected chi connectivity index (χ3v) is 5.53. The third-order valence-electron chi connectivity index (χ3n) is 2.94. The van der Waals surface area contributed by atoms with Crippen molar-refractivity contribution in [2.75, 3.05) is 12.4 Å². The van der Waals surface area contributed by atoms with E-state index in [4.69, 9.17) is 5.11 Å². The van der Waals surface area contributed by atoms with Gasteiger partial charge in [-0.2, -0.15) is 0 Å². The van der Waals surface area contributed by atoms with Gasteiger partial charge in [0.05, 0.1) is 11.8 Å². The van der Waals surface area contributed by atoms with E-state index in [1.165, 1.54) is 4.90 Å². The number of hydrogen-bond acceptors (Lipinski definition) is 7. The number of nitrogens with one attached hydrogen (secondary N) is 2. The Hall–Kier alpha value is -1.19. The van der Waals surface area contributed by atoms with E-state index in [9.17, 15) is 9.59 Å². The maximum absolute atomic E-state index is 11.4. The van der Waals surface area contributed by atoms with Crippen LogP contribution in [-0.2, 0) is 9.59 Å². The van der Waals surface area contributed by atoms with E-state index in [-0.39, 0.29) is 22.2 Å². The number of nitrogens with zero attached hydrogens (tertiary/aromatic N) is 2. The molecule has 0 saturated carbocycles. The van der Waals surface area contributed by atoms with E-state index >= 15 is 0 Å². The zero-order valence-electron chi connectivity index (χ0n) is 9.83. The maximum atomic E-state index is 11.4. The molecule has 3 aliphatic rings. The van der Waals surface area contributed by atoms with Crippen molar-refractivity contribution in [2.45, 2.75) is 17.0 Å². The lowest BCUT2D eigenvalue weighted by atomic mass is 10.1. The molecular weight excluding hydrogens is 288 g/mol. The average molecular weight is 300 g/mol. The first-order chi connectivity index (χ1) is 9.15. The van der Waals surface area contributed by atoms with Crippen LogP contribution in [0.15, 0.2) is 16.8 Å². The number of carbonyl (C=O) groups excluding carboxylic acids is 1. The number of fused-ring (bicyclic) bond motifs is 1. The second-order valence-electron chi connectivity index (χ2n) is 4.19. The van der Waals surface area contributed by atoms with Crippen LogP contribution in [0.5, 0.6) is 0 Å². The predicted molar refractivity (Wildman–Crippen MR) is 73.4 cm³/mol. The molecule has 0 aromatic rings. The molecule has 1 amide bonds. The number of rotatable bonds is 3. The Morgan fingerprint density at radius 3 is 3.16 bits per heavy atom. The molecule has 0 aliphatic carbocycles. The molecule has 0 bridgehead atoms. The van der Waals surface area contributed by atoms with E-state index in [2.05, 4.69) is 15.8 Å². The van der Waals surface area contributed by atoms with E-state index in [0.29, 0.717) is 13.1 Å². The highest BCUT2D eigenvalue weighted by molar-refractivity contribution is 8.14. The lowest BCUT2D eigenvalue weighted by molar-refractivity contribution is -0.146. The van der Waals surface area contributed by atoms with E-state index < -0.39 is 5.97 Å². The first-order valence-electron chi connectivity index (χ1n) is 5.74. The minimum atomic E-state index is -1.04. The van der Waals surface area contributed by atoms with Gasteiger partial charge in [0.2, 0.25) is 5.91 Å². The Morgan fingerprint density at radius 1 is 1.68 bits per heavy atom. The minimum Gasteiger partial charge on any atom is -0.477 e. The summed E-state index contributed by atoms with van der Waals surface area (Å²) in [6.45, 7) is 0.557. The molecule has 0 spiro atoms. The molecule has 0 aromatic carbocycles. The van der Waals surface area contributed by atoms with Gasteiger partial charge in [-0.25, -0.2) is 15.2 Å². The van der Waals surface area contributed by atoms with Gasteiger partial charge in [0, 0.05) is 11.0 Å². The molecule has 3 aliphatic heterocycles. The van der Waals surface area contributed by atoms with Crippen LogP contribution < -0.4 is 10.9 Å². The van der Waals surface area contributed by atoms with Crippen molar-refractivity contribution in [2.24, 2.45) is 4.99 Å². The second kappa shape index (κ2) is 5.06. The smallest absolute Gasteiger partial charge is 0.352 e. The monoisotopic (exact) mass is 300 g/mol. The standard InChI is InChI=1S/C10H12N4O3S2/c15-7-2-8-14(7)6(9(16)17)1-5(19-8)3-18-10-11-4-12-13-10/h1,5,8,12H,2-4H2,(H,11,13)(H,16,17)/t5?,8-/m1/s1. The number of carboxylic acids is 1. The van der Waals surface area contributed by atoms with E-state index in [1.807, 2.05) is 0 Å². The van der Waals surface area contributed by atoms with Crippen LogP contribution in [0.25, 0.3) is 0 Å². The molecule has 3 heterocycles. The lowest BCUT2D eigenvalue weighted by Crippen LogP contribution is -2.54. The van der Waals surface area contributed by atoms with Crippen LogP contribution in [0.2, 0.25) is 0 Å². The van der Waals surface area contributed by atoms with Gasteiger partial charge < -0.3 is 5.11 Å². The van der Waals surface area contributed by atoms with Gasteiger partial charge in [-0.15, -0.1) is 11.8 Å². The average Bonchev–Trinajstić information content (AvgIpc) is 2.87. The quantitative estimate of drug-likeness (QED) is 0.621. The number of carbonyl (C=O) groups is 2. The normalized spacial score (nSPS) is 29.1. The summed E-state index contributed by atoms with van der Waals surface area (Å²) in [4.78, 5) is 28.1. The zero-order valence-corrected chi connectivity index (χ0v) is 11.5. The van der Waals surface area contributed by atoms with Gasteiger partial charge in [0.15, 0.2) is 5.17 Å². The van der Waals surface area contributed by atoms with Crippen LogP contribution >= 0.6 is 23.5 Å². The Labute approximate surface area is 117 Å². The van der Waals surface area contributed by atoms with Crippen molar-refractivity contribution < 1.29 is 14.7 Å². The molecule has 102 valence electrons. The number of aliphatic carboxylic acids is 1. The van der Waals surface area contributed by atoms with Crippen LogP contribution in [-0.4, -0.2) is 50.1 Å². The van der Waals surface area contributed by atoms with Crippen LogP contribution in [0.3, 0.4) is 0 Å². The second-order valence-corrected chi connectivity index (χ2v) is 6.62.